The molecule has 0 bridgehead atoms. The second-order valence-corrected chi connectivity index (χ2v) is 4.30. The summed E-state index contributed by atoms with van der Waals surface area (Å²) in [5.74, 6) is -1.80. The van der Waals surface area contributed by atoms with Gasteiger partial charge in [0.1, 0.15) is 17.4 Å². The van der Waals surface area contributed by atoms with Gasteiger partial charge in [-0.25, -0.2) is 8.78 Å². The second kappa shape index (κ2) is 5.84. The number of nitro benzene ring substituents is 1. The normalized spacial score (nSPS) is 12.0. The fourth-order valence-corrected chi connectivity index (χ4v) is 1.85. The van der Waals surface area contributed by atoms with Gasteiger partial charge in [-0.2, -0.15) is 0 Å². The molecule has 2 aromatic carbocycles. The maximum absolute atomic E-state index is 13.7. The zero-order valence-electron chi connectivity index (χ0n) is 10.9. The van der Waals surface area contributed by atoms with E-state index in [0.717, 1.165) is 18.2 Å². The van der Waals surface area contributed by atoms with Crippen LogP contribution < -0.4 is 4.74 Å². The summed E-state index contributed by atoms with van der Waals surface area (Å²) in [5, 5.41) is 20.5. The van der Waals surface area contributed by atoms with Gasteiger partial charge in [-0.15, -0.1) is 0 Å². The van der Waals surface area contributed by atoms with E-state index >= 15 is 0 Å². The Hall–Kier alpha value is -2.54. The zero-order chi connectivity index (χ0) is 15.6. The third-order valence-corrected chi connectivity index (χ3v) is 2.77. The minimum absolute atomic E-state index is 0.0697. The molecule has 0 unspecified atom stereocenters. The molecule has 0 aromatic heterocycles. The first-order chi connectivity index (χ1) is 9.90. The number of rotatable bonds is 4. The number of benzene rings is 2. The molecule has 2 rings (SSSR count). The van der Waals surface area contributed by atoms with Gasteiger partial charge in [0.05, 0.1) is 22.7 Å². The third kappa shape index (κ3) is 3.14. The van der Waals surface area contributed by atoms with E-state index in [4.69, 9.17) is 4.74 Å². The Morgan fingerprint density at radius 3 is 2.57 bits per heavy atom. The Morgan fingerprint density at radius 1 is 1.24 bits per heavy atom. The van der Waals surface area contributed by atoms with Crippen molar-refractivity contribution in [2.45, 2.75) is 13.0 Å². The topological polar surface area (TPSA) is 72.6 Å². The van der Waals surface area contributed by atoms with Gasteiger partial charge in [-0.05, 0) is 31.2 Å². The number of halogens is 2. The molecule has 0 amide bonds. The molecule has 5 nitrogen and oxygen atoms in total. The predicted octanol–water partition coefficient (Wildman–Crippen LogP) is 3.72. The highest BCUT2D eigenvalue weighted by Gasteiger charge is 2.20. The van der Waals surface area contributed by atoms with Crippen molar-refractivity contribution in [2.75, 3.05) is 0 Å². The van der Waals surface area contributed by atoms with Crippen molar-refractivity contribution in [3.8, 4) is 11.5 Å². The molecule has 0 aliphatic rings. The summed E-state index contributed by atoms with van der Waals surface area (Å²) in [6, 6.07) is 6.60. The SMILES string of the molecule is C[C@H](O)c1c(F)cccc1Oc1ccc(F)cc1[N+](=O)[O-]. The first kappa shape index (κ1) is 14.9. The van der Waals surface area contributed by atoms with Gasteiger partial charge in [-0.3, -0.25) is 10.1 Å². The lowest BCUT2D eigenvalue weighted by molar-refractivity contribution is -0.385. The molecular formula is C14H11F2NO4. The summed E-state index contributed by atoms with van der Waals surface area (Å²) in [6.45, 7) is 1.34. The van der Waals surface area contributed by atoms with Crippen LogP contribution in [0.1, 0.15) is 18.6 Å². The summed E-state index contributed by atoms with van der Waals surface area (Å²) in [7, 11) is 0. The van der Waals surface area contributed by atoms with E-state index in [1.807, 2.05) is 0 Å². The molecule has 0 aliphatic heterocycles. The van der Waals surface area contributed by atoms with Crippen LogP contribution in [0.2, 0.25) is 0 Å². The number of hydrogen-bond donors (Lipinski definition) is 1. The second-order valence-electron chi connectivity index (χ2n) is 4.30. The van der Waals surface area contributed by atoms with E-state index < -0.39 is 28.3 Å². The third-order valence-electron chi connectivity index (χ3n) is 2.77. The van der Waals surface area contributed by atoms with E-state index in [2.05, 4.69) is 0 Å². The average molecular weight is 295 g/mol. The maximum Gasteiger partial charge on any atom is 0.314 e. The highest BCUT2D eigenvalue weighted by atomic mass is 19.1. The molecule has 21 heavy (non-hydrogen) atoms. The van der Waals surface area contributed by atoms with Crippen LogP contribution >= 0.6 is 0 Å². The predicted molar refractivity (Wildman–Crippen MR) is 70.2 cm³/mol. The summed E-state index contributed by atoms with van der Waals surface area (Å²) >= 11 is 0. The van der Waals surface area contributed by atoms with Crippen LogP contribution in [-0.4, -0.2) is 10.0 Å². The van der Waals surface area contributed by atoms with E-state index in [0.29, 0.717) is 6.07 Å². The molecule has 110 valence electrons. The summed E-state index contributed by atoms with van der Waals surface area (Å²) in [6.07, 6.45) is -1.17. The molecular weight excluding hydrogens is 284 g/mol. The van der Waals surface area contributed by atoms with Crippen LogP contribution in [0.4, 0.5) is 14.5 Å². The molecule has 0 spiro atoms. The van der Waals surface area contributed by atoms with Gasteiger partial charge in [0.15, 0.2) is 0 Å². The molecule has 7 heteroatoms. The largest absolute Gasteiger partial charge is 0.450 e. The Kier molecular flexibility index (Phi) is 4.13. The molecule has 0 aliphatic carbocycles. The quantitative estimate of drug-likeness (QED) is 0.689. The standard InChI is InChI=1S/C14H11F2NO4/c1-8(18)14-10(16)3-2-4-13(14)21-12-6-5-9(15)7-11(12)17(19)20/h2-8,18H,1H3/t8-/m0/s1. The average Bonchev–Trinajstić information content (AvgIpc) is 2.40. The van der Waals surface area contributed by atoms with E-state index in [1.54, 1.807) is 0 Å². The van der Waals surface area contributed by atoms with Crippen molar-refractivity contribution in [3.63, 3.8) is 0 Å². The Labute approximate surface area is 118 Å². The fourth-order valence-electron chi connectivity index (χ4n) is 1.85. The van der Waals surface area contributed by atoms with Gasteiger partial charge < -0.3 is 9.84 Å². The molecule has 0 fully saturated rings. The number of nitrogens with zero attached hydrogens (tertiary/aromatic N) is 1. The maximum atomic E-state index is 13.7. The zero-order valence-corrected chi connectivity index (χ0v) is 10.9. The highest BCUT2D eigenvalue weighted by molar-refractivity contribution is 5.50. The van der Waals surface area contributed by atoms with Gasteiger partial charge in [-0.1, -0.05) is 6.07 Å². The molecule has 0 heterocycles. The van der Waals surface area contributed by atoms with Gasteiger partial charge in [0, 0.05) is 0 Å². The Bertz CT molecular complexity index is 689. The fraction of sp³-hybridized carbons (Fsp3) is 0.143. The number of aliphatic hydroxyl groups excluding tert-OH is 1. The Morgan fingerprint density at radius 2 is 1.95 bits per heavy atom. The van der Waals surface area contributed by atoms with Crippen molar-refractivity contribution in [2.24, 2.45) is 0 Å². The van der Waals surface area contributed by atoms with Crippen molar-refractivity contribution >= 4 is 5.69 Å². The molecule has 0 saturated carbocycles. The Balaban J connectivity index is 2.49. The molecule has 0 saturated heterocycles. The highest BCUT2D eigenvalue weighted by Crippen LogP contribution is 2.36. The monoisotopic (exact) mass is 295 g/mol. The smallest absolute Gasteiger partial charge is 0.314 e. The lowest BCUT2D eigenvalue weighted by Crippen LogP contribution is -2.01. The van der Waals surface area contributed by atoms with Crippen LogP contribution in [0.3, 0.4) is 0 Å². The van der Waals surface area contributed by atoms with E-state index in [-0.39, 0.29) is 17.1 Å². The lowest BCUT2D eigenvalue weighted by atomic mass is 10.1. The first-order valence-electron chi connectivity index (χ1n) is 5.98. The van der Waals surface area contributed by atoms with Crippen LogP contribution in [0.25, 0.3) is 0 Å². The van der Waals surface area contributed by atoms with E-state index in [9.17, 15) is 24.0 Å². The van der Waals surface area contributed by atoms with Crippen molar-refractivity contribution < 1.29 is 23.5 Å². The van der Waals surface area contributed by atoms with Crippen LogP contribution in [0.5, 0.6) is 11.5 Å². The van der Waals surface area contributed by atoms with Crippen LogP contribution in [0, 0.1) is 21.7 Å². The van der Waals surface area contributed by atoms with Gasteiger partial charge in [0.2, 0.25) is 5.75 Å². The lowest BCUT2D eigenvalue weighted by Gasteiger charge is -2.13. The number of ether oxygens (including phenoxy) is 1. The molecule has 1 N–H and O–H groups in total. The summed E-state index contributed by atoms with van der Waals surface area (Å²) < 4.78 is 32.0. The van der Waals surface area contributed by atoms with Crippen molar-refractivity contribution in [3.05, 3.63) is 63.7 Å². The van der Waals surface area contributed by atoms with Crippen LogP contribution in [0.15, 0.2) is 36.4 Å². The minimum Gasteiger partial charge on any atom is -0.450 e. The van der Waals surface area contributed by atoms with E-state index in [1.165, 1.54) is 19.1 Å². The molecule has 0 radical (unpaired) electrons. The number of aliphatic hydroxyl groups is 1. The molecule has 2 aromatic rings. The van der Waals surface area contributed by atoms with Gasteiger partial charge >= 0.3 is 5.69 Å². The van der Waals surface area contributed by atoms with Crippen molar-refractivity contribution in [1.29, 1.82) is 0 Å². The summed E-state index contributed by atoms with van der Waals surface area (Å²) in [5.41, 5.74) is -0.716. The van der Waals surface area contributed by atoms with Gasteiger partial charge in [0.25, 0.3) is 0 Å². The summed E-state index contributed by atoms with van der Waals surface area (Å²) in [4.78, 5) is 10.1. The molecule has 1 atom stereocenters. The van der Waals surface area contributed by atoms with Crippen molar-refractivity contribution in [1.82, 2.24) is 0 Å². The number of nitro groups is 1. The number of hydrogen-bond acceptors (Lipinski definition) is 4. The van der Waals surface area contributed by atoms with Crippen LogP contribution in [-0.2, 0) is 0 Å². The minimum atomic E-state index is -1.17. The first-order valence-corrected chi connectivity index (χ1v) is 5.98.